The van der Waals surface area contributed by atoms with Crippen molar-refractivity contribution in [2.45, 2.75) is 19.8 Å². The van der Waals surface area contributed by atoms with E-state index in [0.29, 0.717) is 13.2 Å². The van der Waals surface area contributed by atoms with Gasteiger partial charge in [-0.1, -0.05) is 18.7 Å². The van der Waals surface area contributed by atoms with Crippen molar-refractivity contribution in [1.29, 1.82) is 0 Å². The number of hydrogen-bond donors (Lipinski definition) is 2. The molecule has 3 N–H and O–H groups in total. The lowest BCUT2D eigenvalue weighted by Gasteiger charge is -2.28. The van der Waals surface area contributed by atoms with Crippen LogP contribution in [0, 0.1) is 0 Å². The molecule has 0 aliphatic carbocycles. The summed E-state index contributed by atoms with van der Waals surface area (Å²) in [7, 11) is 1.83. The van der Waals surface area contributed by atoms with E-state index in [1.165, 1.54) is 6.92 Å². The predicted octanol–water partition coefficient (Wildman–Crippen LogP) is 2.15. The van der Waals surface area contributed by atoms with Crippen molar-refractivity contribution < 1.29 is 9.53 Å². The molecule has 0 saturated carbocycles. The van der Waals surface area contributed by atoms with Crippen molar-refractivity contribution >= 4 is 17.7 Å². The summed E-state index contributed by atoms with van der Waals surface area (Å²) in [5, 5.41) is 4.45. The van der Waals surface area contributed by atoms with Gasteiger partial charge in [0.15, 0.2) is 0 Å². The first-order valence-electron chi connectivity index (χ1n) is 7.37. The second-order valence-electron chi connectivity index (χ2n) is 5.40. The van der Waals surface area contributed by atoms with E-state index in [1.54, 1.807) is 11.1 Å². The van der Waals surface area contributed by atoms with Crippen LogP contribution in [0.2, 0.25) is 0 Å². The quantitative estimate of drug-likeness (QED) is 0.480. The SMILES string of the molecule is C=Cc1ccc2c(c1)C(N(C)N)=C(CCCNC(C)=O)CO2. The fraction of sp³-hybridized carbons (Fsp3) is 0.353. The molecule has 118 valence electrons. The highest BCUT2D eigenvalue weighted by atomic mass is 16.5. The number of nitrogens with one attached hydrogen (secondary N) is 1. The number of carbonyl (C=O) groups is 1. The van der Waals surface area contributed by atoms with Gasteiger partial charge in [-0.3, -0.25) is 4.79 Å². The van der Waals surface area contributed by atoms with Gasteiger partial charge >= 0.3 is 0 Å². The molecule has 0 fully saturated rings. The van der Waals surface area contributed by atoms with E-state index >= 15 is 0 Å². The average molecular weight is 301 g/mol. The molecular formula is C17H23N3O2. The van der Waals surface area contributed by atoms with Gasteiger partial charge in [-0.05, 0) is 36.1 Å². The summed E-state index contributed by atoms with van der Waals surface area (Å²) in [6, 6.07) is 5.96. The molecule has 1 heterocycles. The third-order valence-corrected chi connectivity index (χ3v) is 3.61. The summed E-state index contributed by atoms with van der Waals surface area (Å²) in [6.45, 7) is 6.50. The van der Waals surface area contributed by atoms with Gasteiger partial charge in [0.1, 0.15) is 12.4 Å². The molecule has 5 heteroatoms. The highest BCUT2D eigenvalue weighted by Crippen LogP contribution is 2.36. The normalized spacial score (nSPS) is 13.2. The van der Waals surface area contributed by atoms with Crippen LogP contribution in [0.5, 0.6) is 5.75 Å². The van der Waals surface area contributed by atoms with Crippen LogP contribution in [0.25, 0.3) is 11.8 Å². The summed E-state index contributed by atoms with van der Waals surface area (Å²) >= 11 is 0. The van der Waals surface area contributed by atoms with Crippen LogP contribution in [-0.4, -0.2) is 31.1 Å². The zero-order valence-corrected chi connectivity index (χ0v) is 13.2. The fourth-order valence-corrected chi connectivity index (χ4v) is 2.61. The third-order valence-electron chi connectivity index (χ3n) is 3.61. The number of amides is 1. The van der Waals surface area contributed by atoms with Crippen molar-refractivity contribution in [1.82, 2.24) is 10.3 Å². The van der Waals surface area contributed by atoms with Gasteiger partial charge in [-0.2, -0.15) is 0 Å². The Bertz CT molecular complexity index is 606. The van der Waals surface area contributed by atoms with Crippen molar-refractivity contribution in [3.8, 4) is 5.75 Å². The van der Waals surface area contributed by atoms with Crippen LogP contribution < -0.4 is 15.9 Å². The van der Waals surface area contributed by atoms with Gasteiger partial charge in [-0.25, -0.2) is 5.84 Å². The van der Waals surface area contributed by atoms with E-state index in [0.717, 1.165) is 41.0 Å². The standard InChI is InChI=1S/C17H23N3O2/c1-4-13-7-8-16-15(10-13)17(20(3)18)14(11-22-16)6-5-9-19-12(2)21/h4,7-8,10H,1,5-6,9,11,18H2,2-3H3,(H,19,21). The molecule has 0 atom stereocenters. The van der Waals surface area contributed by atoms with Crippen LogP contribution in [0.15, 0.2) is 30.4 Å². The second kappa shape index (κ2) is 7.13. The third kappa shape index (κ3) is 3.68. The number of fused-ring (bicyclic) bond motifs is 1. The first-order chi connectivity index (χ1) is 10.5. The lowest BCUT2D eigenvalue weighted by atomic mass is 9.97. The number of hydrazine groups is 1. The zero-order chi connectivity index (χ0) is 16.1. The molecule has 5 nitrogen and oxygen atoms in total. The molecule has 0 spiro atoms. The maximum atomic E-state index is 10.9. The Morgan fingerprint density at radius 3 is 2.95 bits per heavy atom. The topological polar surface area (TPSA) is 67.6 Å². The Labute approximate surface area is 131 Å². The Morgan fingerprint density at radius 1 is 1.55 bits per heavy atom. The fourth-order valence-electron chi connectivity index (χ4n) is 2.61. The number of ether oxygens (including phenoxy) is 1. The maximum Gasteiger partial charge on any atom is 0.216 e. The Balaban J connectivity index is 2.24. The van der Waals surface area contributed by atoms with E-state index < -0.39 is 0 Å². The first kappa shape index (κ1) is 16.1. The van der Waals surface area contributed by atoms with Gasteiger partial charge < -0.3 is 15.1 Å². The van der Waals surface area contributed by atoms with Crippen molar-refractivity contribution in [2.75, 3.05) is 20.2 Å². The Morgan fingerprint density at radius 2 is 2.32 bits per heavy atom. The van der Waals surface area contributed by atoms with E-state index in [-0.39, 0.29) is 5.91 Å². The summed E-state index contributed by atoms with van der Waals surface area (Å²) < 4.78 is 5.83. The van der Waals surface area contributed by atoms with Gasteiger partial charge in [0.05, 0.1) is 5.70 Å². The zero-order valence-electron chi connectivity index (χ0n) is 13.2. The molecule has 1 aromatic carbocycles. The molecule has 0 bridgehead atoms. The number of hydrogen-bond acceptors (Lipinski definition) is 4. The molecule has 0 aromatic heterocycles. The largest absolute Gasteiger partial charge is 0.488 e. The van der Waals surface area contributed by atoms with Gasteiger partial charge in [0.25, 0.3) is 0 Å². The average Bonchev–Trinajstić information content (AvgIpc) is 2.49. The van der Waals surface area contributed by atoms with Gasteiger partial charge in [-0.15, -0.1) is 0 Å². The molecule has 0 unspecified atom stereocenters. The molecule has 0 saturated heterocycles. The van der Waals surface area contributed by atoms with Crippen LogP contribution in [0.1, 0.15) is 30.9 Å². The minimum absolute atomic E-state index is 0.00832. The molecule has 0 radical (unpaired) electrons. The minimum atomic E-state index is -0.00832. The number of nitrogens with two attached hydrogens (primary N) is 1. The summed E-state index contributed by atoms with van der Waals surface area (Å²) in [5.41, 5.74) is 4.15. The van der Waals surface area contributed by atoms with E-state index in [1.807, 2.05) is 25.2 Å². The van der Waals surface area contributed by atoms with Crippen LogP contribution in [0.4, 0.5) is 0 Å². The number of benzene rings is 1. The summed E-state index contributed by atoms with van der Waals surface area (Å²) in [5.74, 6) is 6.87. The monoisotopic (exact) mass is 301 g/mol. The maximum absolute atomic E-state index is 10.9. The van der Waals surface area contributed by atoms with Crippen molar-refractivity contribution in [2.24, 2.45) is 5.84 Å². The highest BCUT2D eigenvalue weighted by Gasteiger charge is 2.22. The smallest absolute Gasteiger partial charge is 0.216 e. The lowest BCUT2D eigenvalue weighted by Crippen LogP contribution is -2.29. The van der Waals surface area contributed by atoms with Gasteiger partial charge in [0.2, 0.25) is 5.91 Å². The molecular weight excluding hydrogens is 278 g/mol. The lowest BCUT2D eigenvalue weighted by molar-refractivity contribution is -0.118. The molecule has 1 aromatic rings. The molecule has 1 aliphatic rings. The molecule has 22 heavy (non-hydrogen) atoms. The minimum Gasteiger partial charge on any atom is -0.488 e. The van der Waals surface area contributed by atoms with Gasteiger partial charge in [0, 0.05) is 26.1 Å². The molecule has 1 aliphatic heterocycles. The predicted molar refractivity (Wildman–Crippen MR) is 88.8 cm³/mol. The second-order valence-corrected chi connectivity index (χ2v) is 5.40. The Hall–Kier alpha value is -2.27. The number of carbonyl (C=O) groups excluding carboxylic acids is 1. The van der Waals surface area contributed by atoms with E-state index in [2.05, 4.69) is 11.9 Å². The van der Waals surface area contributed by atoms with E-state index in [4.69, 9.17) is 10.6 Å². The van der Waals surface area contributed by atoms with Crippen LogP contribution in [-0.2, 0) is 4.79 Å². The Kier molecular flexibility index (Phi) is 5.22. The molecule has 2 rings (SSSR count). The van der Waals surface area contributed by atoms with Crippen LogP contribution >= 0.6 is 0 Å². The molecule has 1 amide bonds. The van der Waals surface area contributed by atoms with Crippen molar-refractivity contribution in [3.05, 3.63) is 41.5 Å². The van der Waals surface area contributed by atoms with Crippen LogP contribution in [0.3, 0.4) is 0 Å². The summed E-state index contributed by atoms with van der Waals surface area (Å²) in [4.78, 5) is 10.9. The number of nitrogens with zero attached hydrogens (tertiary/aromatic N) is 1. The van der Waals surface area contributed by atoms with E-state index in [9.17, 15) is 4.79 Å². The highest BCUT2D eigenvalue weighted by molar-refractivity contribution is 5.75. The number of rotatable bonds is 6. The van der Waals surface area contributed by atoms with Crippen molar-refractivity contribution in [3.63, 3.8) is 0 Å². The first-order valence-corrected chi connectivity index (χ1v) is 7.37. The summed E-state index contributed by atoms with van der Waals surface area (Å²) in [6.07, 6.45) is 3.49.